The van der Waals surface area contributed by atoms with Gasteiger partial charge in [0.2, 0.25) is 0 Å². The van der Waals surface area contributed by atoms with Gasteiger partial charge in [0.25, 0.3) is 0 Å². The summed E-state index contributed by atoms with van der Waals surface area (Å²) in [6, 6.07) is 7.06. The summed E-state index contributed by atoms with van der Waals surface area (Å²) in [6.45, 7) is 2.68. The molecule has 0 amide bonds. The number of hydrogen-bond donors (Lipinski definition) is 1. The molecule has 32 heavy (non-hydrogen) atoms. The molecule has 1 aromatic carbocycles. The Morgan fingerprint density at radius 2 is 1.78 bits per heavy atom. The standard InChI is InChI=1S/C25H27Cl2N3O2/c1-14(31)18-12-28-22-9-8-21(17-10-19(26)25(32)20(27)11-17)29-24(22)23(18)16-6-4-15(5-7-16)13-30(2)3/h8-12,15-16,32H,4-7,13H2,1-3H3. The van der Waals surface area contributed by atoms with Crippen molar-refractivity contribution in [1.29, 1.82) is 0 Å². The van der Waals surface area contributed by atoms with E-state index in [1.165, 1.54) is 0 Å². The SMILES string of the molecule is CC(=O)c1cnc2ccc(-c3cc(Cl)c(O)c(Cl)c3)nc2c1C1CCC(CN(C)C)CC1. The molecule has 3 aromatic rings. The average molecular weight is 472 g/mol. The number of phenolic OH excluding ortho intramolecular Hbond substituents is 1. The number of phenols is 1. The maximum Gasteiger partial charge on any atom is 0.161 e. The Balaban J connectivity index is 1.79. The minimum absolute atomic E-state index is 0.00717. The van der Waals surface area contributed by atoms with E-state index in [0.717, 1.165) is 48.8 Å². The number of hydrogen-bond acceptors (Lipinski definition) is 5. The van der Waals surface area contributed by atoms with E-state index in [9.17, 15) is 9.90 Å². The number of carbonyl (C=O) groups is 1. The van der Waals surface area contributed by atoms with E-state index in [1.54, 1.807) is 25.3 Å². The van der Waals surface area contributed by atoms with Crippen molar-refractivity contribution in [2.45, 2.75) is 38.5 Å². The van der Waals surface area contributed by atoms with Crippen molar-refractivity contribution >= 4 is 40.0 Å². The Bertz CT molecular complexity index is 1150. The van der Waals surface area contributed by atoms with Crippen molar-refractivity contribution in [1.82, 2.24) is 14.9 Å². The van der Waals surface area contributed by atoms with E-state index in [0.29, 0.717) is 22.7 Å². The van der Waals surface area contributed by atoms with Gasteiger partial charge in [-0.1, -0.05) is 23.2 Å². The number of benzene rings is 1. The van der Waals surface area contributed by atoms with Crippen LogP contribution in [0, 0.1) is 5.92 Å². The Labute approximate surface area is 198 Å². The molecule has 0 aliphatic heterocycles. The number of fused-ring (bicyclic) bond motifs is 1. The lowest BCUT2D eigenvalue weighted by molar-refractivity contribution is 0.101. The van der Waals surface area contributed by atoms with E-state index in [-0.39, 0.29) is 27.5 Å². The van der Waals surface area contributed by atoms with Gasteiger partial charge in [-0.25, -0.2) is 4.98 Å². The van der Waals surface area contributed by atoms with Crippen LogP contribution in [0.4, 0.5) is 0 Å². The lowest BCUT2D eigenvalue weighted by Gasteiger charge is -2.31. The molecule has 1 N–H and O–H groups in total. The zero-order valence-corrected chi connectivity index (χ0v) is 20.0. The summed E-state index contributed by atoms with van der Waals surface area (Å²) in [6.07, 6.45) is 6.02. The number of aromatic hydroxyl groups is 1. The van der Waals surface area contributed by atoms with Crippen LogP contribution in [-0.4, -0.2) is 46.4 Å². The summed E-state index contributed by atoms with van der Waals surface area (Å²) in [5.74, 6) is 0.814. The smallest absolute Gasteiger partial charge is 0.161 e. The van der Waals surface area contributed by atoms with Gasteiger partial charge in [-0.3, -0.25) is 9.78 Å². The van der Waals surface area contributed by atoms with Crippen LogP contribution in [0.3, 0.4) is 0 Å². The maximum absolute atomic E-state index is 12.5. The second-order valence-corrected chi connectivity index (χ2v) is 9.79. The summed E-state index contributed by atoms with van der Waals surface area (Å²) in [5.41, 5.74) is 4.55. The van der Waals surface area contributed by atoms with Gasteiger partial charge in [-0.2, -0.15) is 0 Å². The zero-order chi connectivity index (χ0) is 23.0. The number of rotatable bonds is 5. The topological polar surface area (TPSA) is 66.3 Å². The largest absolute Gasteiger partial charge is 0.505 e. The highest BCUT2D eigenvalue weighted by atomic mass is 35.5. The van der Waals surface area contributed by atoms with Crippen molar-refractivity contribution in [3.8, 4) is 17.0 Å². The molecular formula is C25H27Cl2N3O2. The van der Waals surface area contributed by atoms with Crippen molar-refractivity contribution < 1.29 is 9.90 Å². The quantitative estimate of drug-likeness (QED) is 0.439. The Morgan fingerprint density at radius 1 is 1.12 bits per heavy atom. The summed E-state index contributed by atoms with van der Waals surface area (Å²) in [7, 11) is 4.23. The minimum atomic E-state index is -0.145. The van der Waals surface area contributed by atoms with Crippen LogP contribution >= 0.6 is 23.2 Å². The first-order valence-corrected chi connectivity index (χ1v) is 11.6. The van der Waals surface area contributed by atoms with E-state index >= 15 is 0 Å². The molecule has 2 heterocycles. The normalized spacial score (nSPS) is 18.9. The van der Waals surface area contributed by atoms with E-state index < -0.39 is 0 Å². The molecule has 0 unspecified atom stereocenters. The highest BCUT2D eigenvalue weighted by Gasteiger charge is 2.28. The molecule has 2 aromatic heterocycles. The molecule has 7 heteroatoms. The fourth-order valence-electron chi connectivity index (χ4n) is 4.80. The van der Waals surface area contributed by atoms with Crippen LogP contribution in [0.15, 0.2) is 30.5 Å². The molecule has 1 saturated carbocycles. The first kappa shape index (κ1) is 23.0. The highest BCUT2D eigenvalue weighted by Crippen LogP contribution is 2.41. The van der Waals surface area contributed by atoms with Gasteiger partial charge in [0.05, 0.1) is 26.8 Å². The van der Waals surface area contributed by atoms with Gasteiger partial charge in [0, 0.05) is 23.9 Å². The fourth-order valence-corrected chi connectivity index (χ4v) is 5.29. The number of halogens is 2. The lowest BCUT2D eigenvalue weighted by Crippen LogP contribution is -2.25. The van der Waals surface area contributed by atoms with Gasteiger partial charge in [0.15, 0.2) is 11.5 Å². The minimum Gasteiger partial charge on any atom is -0.505 e. The second kappa shape index (κ2) is 9.34. The summed E-state index contributed by atoms with van der Waals surface area (Å²) >= 11 is 12.3. The molecular weight excluding hydrogens is 445 g/mol. The molecule has 168 valence electrons. The van der Waals surface area contributed by atoms with Crippen molar-refractivity contribution in [2.75, 3.05) is 20.6 Å². The Morgan fingerprint density at radius 3 is 2.38 bits per heavy atom. The van der Waals surface area contributed by atoms with Gasteiger partial charge < -0.3 is 10.0 Å². The van der Waals surface area contributed by atoms with Crippen molar-refractivity contribution in [3.63, 3.8) is 0 Å². The number of carbonyl (C=O) groups excluding carboxylic acids is 1. The molecule has 0 radical (unpaired) electrons. The van der Waals surface area contributed by atoms with E-state index in [1.807, 2.05) is 12.1 Å². The van der Waals surface area contributed by atoms with E-state index in [4.69, 9.17) is 28.2 Å². The lowest BCUT2D eigenvalue weighted by atomic mass is 9.76. The fraction of sp³-hybridized carbons (Fsp3) is 0.400. The maximum atomic E-state index is 12.5. The van der Waals surface area contributed by atoms with E-state index in [2.05, 4.69) is 24.0 Å². The van der Waals surface area contributed by atoms with Gasteiger partial charge in [-0.15, -0.1) is 0 Å². The number of aromatic nitrogens is 2. The Hall–Kier alpha value is -2.21. The Kier molecular flexibility index (Phi) is 6.70. The van der Waals surface area contributed by atoms with Crippen molar-refractivity contribution in [2.24, 2.45) is 5.92 Å². The van der Waals surface area contributed by atoms with Gasteiger partial charge in [0.1, 0.15) is 0 Å². The molecule has 5 nitrogen and oxygen atoms in total. The molecule has 1 aliphatic carbocycles. The van der Waals surface area contributed by atoms with Crippen LogP contribution in [0.5, 0.6) is 5.75 Å². The average Bonchev–Trinajstić information content (AvgIpc) is 2.76. The third kappa shape index (κ3) is 4.61. The summed E-state index contributed by atoms with van der Waals surface area (Å²) < 4.78 is 0. The number of pyridine rings is 2. The first-order valence-electron chi connectivity index (χ1n) is 10.9. The molecule has 0 spiro atoms. The molecule has 1 aliphatic rings. The van der Waals surface area contributed by atoms with Crippen LogP contribution in [0.1, 0.15) is 54.4 Å². The first-order chi connectivity index (χ1) is 15.2. The molecule has 1 fully saturated rings. The predicted octanol–water partition coefficient (Wildman–Crippen LogP) is 6.35. The van der Waals surface area contributed by atoms with Crippen LogP contribution in [0.25, 0.3) is 22.3 Å². The zero-order valence-electron chi connectivity index (χ0n) is 18.5. The monoisotopic (exact) mass is 471 g/mol. The van der Waals surface area contributed by atoms with Crippen LogP contribution in [-0.2, 0) is 0 Å². The molecule has 0 atom stereocenters. The summed E-state index contributed by atoms with van der Waals surface area (Å²) in [4.78, 5) is 24.2. The molecule has 4 rings (SSSR count). The number of ketones is 1. The number of nitrogens with zero attached hydrogens (tertiary/aromatic N) is 3. The highest BCUT2D eigenvalue weighted by molar-refractivity contribution is 6.37. The third-order valence-corrected chi connectivity index (χ3v) is 6.90. The van der Waals surface area contributed by atoms with Gasteiger partial charge in [-0.05, 0) is 88.4 Å². The van der Waals surface area contributed by atoms with Crippen LogP contribution in [0.2, 0.25) is 10.0 Å². The molecule has 0 bridgehead atoms. The predicted molar refractivity (Wildman–Crippen MR) is 130 cm³/mol. The number of Topliss-reactive ketones (excluding diaryl/α,β-unsaturated/α-hetero) is 1. The summed E-state index contributed by atoms with van der Waals surface area (Å²) in [5, 5.41) is 10.2. The second-order valence-electron chi connectivity index (χ2n) is 8.97. The molecule has 0 saturated heterocycles. The van der Waals surface area contributed by atoms with Crippen LogP contribution < -0.4 is 0 Å². The van der Waals surface area contributed by atoms with Crippen molar-refractivity contribution in [3.05, 3.63) is 51.6 Å². The third-order valence-electron chi connectivity index (χ3n) is 6.32. The van der Waals surface area contributed by atoms with Gasteiger partial charge >= 0.3 is 0 Å².